The summed E-state index contributed by atoms with van der Waals surface area (Å²) in [5, 5.41) is 7.82. The van der Waals surface area contributed by atoms with Crippen LogP contribution in [0, 0.1) is 20.8 Å². The quantitative estimate of drug-likeness (QED) is 0.617. The number of aryl methyl sites for hydroxylation is 3. The summed E-state index contributed by atoms with van der Waals surface area (Å²) in [7, 11) is 0. The summed E-state index contributed by atoms with van der Waals surface area (Å²) >= 11 is 1.72. The van der Waals surface area contributed by atoms with Crippen LogP contribution in [0.5, 0.6) is 0 Å². The van der Waals surface area contributed by atoms with Crippen LogP contribution in [0.3, 0.4) is 0 Å². The van der Waals surface area contributed by atoms with Crippen LogP contribution in [-0.2, 0) is 6.54 Å². The summed E-state index contributed by atoms with van der Waals surface area (Å²) in [5.74, 6) is 1.28. The van der Waals surface area contributed by atoms with Crippen molar-refractivity contribution in [3.05, 3.63) is 51.0 Å². The van der Waals surface area contributed by atoms with Crippen molar-refractivity contribution in [3.63, 3.8) is 0 Å². The Hall–Kier alpha value is -1.88. The van der Waals surface area contributed by atoms with Crippen LogP contribution < -0.4 is 10.6 Å². The summed E-state index contributed by atoms with van der Waals surface area (Å²) in [4.78, 5) is 10.5. The molecule has 0 saturated heterocycles. The number of aliphatic imine (C=N–C) groups is 1. The van der Waals surface area contributed by atoms with Gasteiger partial charge in [0.05, 0.1) is 12.2 Å². The Balaban J connectivity index is 1.96. The van der Waals surface area contributed by atoms with Crippen LogP contribution in [0.2, 0.25) is 0 Å². The smallest absolute Gasteiger partial charge is 0.191 e. The molecule has 2 N–H and O–H groups in total. The minimum Gasteiger partial charge on any atom is -0.357 e. The average Bonchev–Trinajstić information content (AvgIpc) is 2.88. The summed E-state index contributed by atoms with van der Waals surface area (Å²) in [6, 6.07) is 8.68. The number of nitrogens with zero attached hydrogens (tertiary/aromatic N) is 2. The number of hydrogen-bond donors (Lipinski definition) is 2. The zero-order chi connectivity index (χ0) is 17.5. The third kappa shape index (κ3) is 5.34. The van der Waals surface area contributed by atoms with Gasteiger partial charge in [-0.2, -0.15) is 0 Å². The van der Waals surface area contributed by atoms with Crippen LogP contribution in [-0.4, -0.2) is 24.0 Å². The summed E-state index contributed by atoms with van der Waals surface area (Å²) in [5.41, 5.74) is 3.76. The van der Waals surface area contributed by atoms with Gasteiger partial charge in [-0.25, -0.2) is 9.98 Å². The predicted octanol–water partition coefficient (Wildman–Crippen LogP) is 3.93. The number of hydrogen-bond acceptors (Lipinski definition) is 3. The number of nitrogens with one attached hydrogen (secondary N) is 2. The lowest BCUT2D eigenvalue weighted by Gasteiger charge is -2.16. The first-order chi connectivity index (χ1) is 11.5. The Labute approximate surface area is 149 Å². The van der Waals surface area contributed by atoms with Gasteiger partial charge in [0.25, 0.3) is 0 Å². The molecule has 0 aliphatic heterocycles. The Bertz CT molecular complexity index is 671. The van der Waals surface area contributed by atoms with Crippen molar-refractivity contribution < 1.29 is 0 Å². The molecule has 5 heteroatoms. The molecule has 0 bridgehead atoms. The van der Waals surface area contributed by atoms with E-state index in [4.69, 9.17) is 0 Å². The standard InChI is InChI=1S/C19H28N4S/c1-6-20-19(22-12-18-23-15(4)16(5)24-18)21-11-14(3)17-9-7-8-13(2)10-17/h7-10,14H,6,11-12H2,1-5H3,(H2,20,21,22). The van der Waals surface area contributed by atoms with E-state index < -0.39 is 0 Å². The fourth-order valence-corrected chi connectivity index (χ4v) is 3.30. The van der Waals surface area contributed by atoms with Crippen molar-refractivity contribution in [2.75, 3.05) is 13.1 Å². The topological polar surface area (TPSA) is 49.3 Å². The van der Waals surface area contributed by atoms with Crippen LogP contribution >= 0.6 is 11.3 Å². The molecular weight excluding hydrogens is 316 g/mol. The number of aromatic nitrogens is 1. The fraction of sp³-hybridized carbons (Fsp3) is 0.474. The van der Waals surface area contributed by atoms with Crippen molar-refractivity contribution >= 4 is 17.3 Å². The molecule has 0 amide bonds. The highest BCUT2D eigenvalue weighted by atomic mass is 32.1. The summed E-state index contributed by atoms with van der Waals surface area (Å²) in [6.45, 7) is 12.9. The average molecular weight is 345 g/mol. The van der Waals surface area contributed by atoms with Crippen molar-refractivity contribution in [3.8, 4) is 0 Å². The third-order valence-corrected chi connectivity index (χ3v) is 5.03. The van der Waals surface area contributed by atoms with Gasteiger partial charge in [-0.1, -0.05) is 36.8 Å². The highest BCUT2D eigenvalue weighted by Gasteiger charge is 2.08. The highest BCUT2D eigenvalue weighted by Crippen LogP contribution is 2.17. The second-order valence-electron chi connectivity index (χ2n) is 6.14. The maximum Gasteiger partial charge on any atom is 0.191 e. The SMILES string of the molecule is CCNC(=NCc1nc(C)c(C)s1)NCC(C)c1cccc(C)c1. The molecule has 24 heavy (non-hydrogen) atoms. The molecular formula is C19H28N4S. The molecule has 1 unspecified atom stereocenters. The van der Waals surface area contributed by atoms with E-state index in [0.717, 1.165) is 29.8 Å². The van der Waals surface area contributed by atoms with Gasteiger partial charge in [-0.15, -0.1) is 11.3 Å². The number of guanidine groups is 1. The lowest BCUT2D eigenvalue weighted by atomic mass is 9.99. The largest absolute Gasteiger partial charge is 0.357 e. The molecule has 1 aromatic carbocycles. The zero-order valence-corrected chi connectivity index (χ0v) is 16.1. The second kappa shape index (κ2) is 8.83. The third-order valence-electron chi connectivity index (χ3n) is 3.98. The summed E-state index contributed by atoms with van der Waals surface area (Å²) < 4.78 is 0. The van der Waals surface area contributed by atoms with E-state index in [1.807, 2.05) is 6.92 Å². The van der Waals surface area contributed by atoms with Gasteiger partial charge in [-0.05, 0) is 39.2 Å². The van der Waals surface area contributed by atoms with Crippen molar-refractivity contribution in [1.82, 2.24) is 15.6 Å². The van der Waals surface area contributed by atoms with Gasteiger partial charge >= 0.3 is 0 Å². The van der Waals surface area contributed by atoms with E-state index in [0.29, 0.717) is 12.5 Å². The Kier molecular flexibility index (Phi) is 6.79. The minimum absolute atomic E-state index is 0.429. The van der Waals surface area contributed by atoms with E-state index in [2.05, 4.69) is 72.6 Å². The van der Waals surface area contributed by atoms with Crippen LogP contribution in [0.25, 0.3) is 0 Å². The van der Waals surface area contributed by atoms with Gasteiger partial charge in [0.2, 0.25) is 0 Å². The van der Waals surface area contributed by atoms with Gasteiger partial charge in [0, 0.05) is 18.0 Å². The molecule has 0 fully saturated rings. The van der Waals surface area contributed by atoms with E-state index in [9.17, 15) is 0 Å². The summed E-state index contributed by atoms with van der Waals surface area (Å²) in [6.07, 6.45) is 0. The van der Waals surface area contributed by atoms with E-state index in [1.165, 1.54) is 16.0 Å². The Morgan fingerprint density at radius 1 is 1.25 bits per heavy atom. The van der Waals surface area contributed by atoms with E-state index in [-0.39, 0.29) is 0 Å². The van der Waals surface area contributed by atoms with Crippen molar-refractivity contribution in [2.45, 2.75) is 47.1 Å². The first-order valence-electron chi connectivity index (χ1n) is 8.51. The molecule has 0 aliphatic rings. The lowest BCUT2D eigenvalue weighted by molar-refractivity contribution is 0.699. The first-order valence-corrected chi connectivity index (χ1v) is 9.33. The second-order valence-corrected chi connectivity index (χ2v) is 7.43. The molecule has 130 valence electrons. The molecule has 1 heterocycles. The molecule has 4 nitrogen and oxygen atoms in total. The monoisotopic (exact) mass is 344 g/mol. The maximum absolute atomic E-state index is 4.66. The molecule has 2 rings (SSSR count). The normalized spacial score (nSPS) is 13.0. The number of rotatable bonds is 6. The molecule has 0 spiro atoms. The highest BCUT2D eigenvalue weighted by molar-refractivity contribution is 7.11. The molecule has 1 aromatic heterocycles. The van der Waals surface area contributed by atoms with Gasteiger partial charge in [-0.3, -0.25) is 0 Å². The van der Waals surface area contributed by atoms with Crippen LogP contribution in [0.15, 0.2) is 29.3 Å². The number of thiazole rings is 1. The Morgan fingerprint density at radius 2 is 2.04 bits per heavy atom. The first kappa shape index (κ1) is 18.5. The fourth-order valence-electron chi connectivity index (χ4n) is 2.44. The van der Waals surface area contributed by atoms with Crippen molar-refractivity contribution in [2.24, 2.45) is 4.99 Å². The Morgan fingerprint density at radius 3 is 2.67 bits per heavy atom. The van der Waals surface area contributed by atoms with Gasteiger partial charge < -0.3 is 10.6 Å². The van der Waals surface area contributed by atoms with Crippen LogP contribution in [0.4, 0.5) is 0 Å². The molecule has 0 saturated carbocycles. The zero-order valence-electron chi connectivity index (χ0n) is 15.3. The predicted molar refractivity (Wildman–Crippen MR) is 104 cm³/mol. The molecule has 2 aromatic rings. The maximum atomic E-state index is 4.66. The van der Waals surface area contributed by atoms with Crippen LogP contribution in [0.1, 0.15) is 46.5 Å². The number of benzene rings is 1. The molecule has 0 radical (unpaired) electrons. The molecule has 0 aliphatic carbocycles. The van der Waals surface area contributed by atoms with Crippen molar-refractivity contribution in [1.29, 1.82) is 0 Å². The van der Waals surface area contributed by atoms with Gasteiger partial charge in [0.15, 0.2) is 5.96 Å². The van der Waals surface area contributed by atoms with E-state index >= 15 is 0 Å². The van der Waals surface area contributed by atoms with Gasteiger partial charge in [0.1, 0.15) is 5.01 Å². The minimum atomic E-state index is 0.429. The lowest BCUT2D eigenvalue weighted by Crippen LogP contribution is -2.39. The molecule has 1 atom stereocenters. The van der Waals surface area contributed by atoms with E-state index in [1.54, 1.807) is 11.3 Å².